The number of ether oxygens (including phenoxy) is 2. The molecule has 1 saturated carbocycles. The van der Waals surface area contributed by atoms with E-state index in [4.69, 9.17) is 30.7 Å². The minimum Gasteiger partial charge on any atom is -0.489 e. The summed E-state index contributed by atoms with van der Waals surface area (Å²) in [5.41, 5.74) is 11.4. The van der Waals surface area contributed by atoms with E-state index in [0.29, 0.717) is 38.8 Å². The Bertz CT molecular complexity index is 2170. The molecule has 6 heterocycles. The van der Waals surface area contributed by atoms with E-state index in [1.807, 2.05) is 6.07 Å². The van der Waals surface area contributed by atoms with Crippen LogP contribution in [0.15, 0.2) is 47.5 Å². The van der Waals surface area contributed by atoms with E-state index in [1.54, 1.807) is 12.1 Å². The molecular formula is C50H71ClN10O2S+2. The van der Waals surface area contributed by atoms with Crippen LogP contribution in [0.3, 0.4) is 0 Å². The van der Waals surface area contributed by atoms with E-state index in [9.17, 15) is 5.26 Å². The summed E-state index contributed by atoms with van der Waals surface area (Å²) in [6, 6.07) is 17.3. The first-order chi connectivity index (χ1) is 30.7. The van der Waals surface area contributed by atoms with Gasteiger partial charge in [0.1, 0.15) is 56.4 Å². The maximum Gasteiger partial charge on any atom is 0.629 e. The molecule has 1 aliphatic carbocycles. The van der Waals surface area contributed by atoms with Gasteiger partial charge in [0.2, 0.25) is 6.21 Å². The van der Waals surface area contributed by atoms with Crippen molar-refractivity contribution in [2.24, 2.45) is 39.5 Å². The molecule has 2 aromatic rings. The van der Waals surface area contributed by atoms with E-state index < -0.39 is 0 Å². The van der Waals surface area contributed by atoms with Gasteiger partial charge in [-0.3, -0.25) is 15.2 Å². The third kappa shape index (κ3) is 8.97. The number of hydrogen-bond donors (Lipinski definition) is 4. The summed E-state index contributed by atoms with van der Waals surface area (Å²) in [5.74, 6) is 3.63. The van der Waals surface area contributed by atoms with Crippen LogP contribution in [0, 0.1) is 45.8 Å². The van der Waals surface area contributed by atoms with Gasteiger partial charge in [-0.2, -0.15) is 10.2 Å². The first kappa shape index (κ1) is 45.9. The number of fused-ring (bicyclic) bond motifs is 3. The number of rotatable bonds is 12. The van der Waals surface area contributed by atoms with Crippen molar-refractivity contribution in [2.45, 2.75) is 134 Å². The van der Waals surface area contributed by atoms with Gasteiger partial charge in [-0.15, -0.1) is 21.0 Å². The van der Waals surface area contributed by atoms with Crippen LogP contribution in [0.4, 0.5) is 0 Å². The van der Waals surface area contributed by atoms with Gasteiger partial charge in [-0.05, 0) is 74.1 Å². The van der Waals surface area contributed by atoms with Crippen LogP contribution in [0.25, 0.3) is 0 Å². The number of nitrogens with one attached hydrogen (secondary N) is 4. The smallest absolute Gasteiger partial charge is 0.489 e. The van der Waals surface area contributed by atoms with Crippen molar-refractivity contribution < 1.29 is 14.0 Å². The second-order valence-electron chi connectivity index (χ2n) is 20.9. The Morgan fingerprint density at radius 3 is 2.53 bits per heavy atom. The average Bonchev–Trinajstić information content (AvgIpc) is 3.98. The SMILES string of the molecule is CC1SC2C(C(c3ccc(CCCC4CCN(C5=[N+]=CC(CNC6C(C)(C)C(Oc7ccc(C#N)c(Cl)c7)C6(C)C)C=[N+]5C)CC4)cc3)=N[C@@H](CC3NCCO3)C3NNC(C)N23)C1C. The molecule has 5 fully saturated rings. The fraction of sp³-hybridized carbons (Fsp3) is 0.660. The second kappa shape index (κ2) is 18.8. The van der Waals surface area contributed by atoms with Crippen LogP contribution >= 0.6 is 23.4 Å². The largest absolute Gasteiger partial charge is 0.629 e. The van der Waals surface area contributed by atoms with Crippen molar-refractivity contribution in [1.82, 2.24) is 36.0 Å². The van der Waals surface area contributed by atoms with Crippen LogP contribution in [-0.4, -0.2) is 126 Å². The number of thioether (sulfide) groups is 1. The van der Waals surface area contributed by atoms with Gasteiger partial charge < -0.3 is 14.8 Å². The third-order valence-corrected chi connectivity index (χ3v) is 17.7. The molecule has 4 N–H and O–H groups in total. The van der Waals surface area contributed by atoms with Gasteiger partial charge in [-0.1, -0.05) is 77.4 Å². The zero-order valence-electron chi connectivity index (χ0n) is 39.2. The number of nitriles is 1. The van der Waals surface area contributed by atoms with Crippen LogP contribution < -0.4 is 30.9 Å². The lowest BCUT2D eigenvalue weighted by atomic mass is 9.49. The monoisotopic (exact) mass is 911 g/mol. The third-order valence-electron chi connectivity index (χ3n) is 15.8. The van der Waals surface area contributed by atoms with E-state index >= 15 is 0 Å². The summed E-state index contributed by atoms with van der Waals surface area (Å²) in [5, 5.41) is 18.1. The number of benzene rings is 2. The van der Waals surface area contributed by atoms with Crippen LogP contribution in [0.5, 0.6) is 5.75 Å². The highest BCUT2D eigenvalue weighted by Crippen LogP contribution is 2.56. The Hall–Kier alpha value is -3.28. The molecule has 0 amide bonds. The molecule has 6 aliphatic heterocycles. The molecule has 0 spiro atoms. The average molecular weight is 912 g/mol. The van der Waals surface area contributed by atoms with E-state index in [-0.39, 0.29) is 53.5 Å². The summed E-state index contributed by atoms with van der Waals surface area (Å²) < 4.78 is 19.8. The molecule has 7 aliphatic rings. The first-order valence-corrected chi connectivity index (χ1v) is 25.3. The lowest BCUT2D eigenvalue weighted by Gasteiger charge is -2.63. The summed E-state index contributed by atoms with van der Waals surface area (Å²) in [6.07, 6.45) is 11.7. The number of hydrogen-bond acceptors (Lipinski definition) is 11. The molecule has 0 aromatic heterocycles. The molecule has 14 heteroatoms. The Balaban J connectivity index is 0.757. The van der Waals surface area contributed by atoms with Crippen LogP contribution in [-0.2, 0) is 11.2 Å². The number of nitrogens with zero attached hydrogens (tertiary/aromatic N) is 6. The minimum absolute atomic E-state index is 0.00456. The fourth-order valence-corrected chi connectivity index (χ4v) is 14.5. The maximum absolute atomic E-state index is 9.27. The molecule has 4 saturated heterocycles. The first-order valence-electron chi connectivity index (χ1n) is 24.0. The Kier molecular flexibility index (Phi) is 13.5. The Labute approximate surface area is 390 Å². The number of halogens is 1. The molecule has 9 rings (SSSR count). The van der Waals surface area contributed by atoms with E-state index in [2.05, 4.69) is 146 Å². The number of guanidine groups is 1. The van der Waals surface area contributed by atoms with Crippen molar-refractivity contribution in [3.8, 4) is 11.8 Å². The Morgan fingerprint density at radius 1 is 1.08 bits per heavy atom. The highest BCUT2D eigenvalue weighted by Gasteiger charge is 2.63. The topological polar surface area (TPSA) is 126 Å². The van der Waals surface area contributed by atoms with Crippen LogP contribution in [0.2, 0.25) is 5.02 Å². The maximum atomic E-state index is 9.27. The number of aryl methyl sites for hydroxylation is 1. The predicted octanol–water partition coefficient (Wildman–Crippen LogP) is 5.86. The molecule has 9 atom stereocenters. The highest BCUT2D eigenvalue weighted by atomic mass is 35.5. The van der Waals surface area contributed by atoms with Gasteiger partial charge in [0, 0.05) is 59.3 Å². The lowest BCUT2D eigenvalue weighted by molar-refractivity contribution is -0.382. The number of piperidine rings is 1. The zero-order chi connectivity index (χ0) is 44.9. The molecule has 12 nitrogen and oxygen atoms in total. The van der Waals surface area contributed by atoms with Gasteiger partial charge in [-0.25, -0.2) is 10.9 Å². The Morgan fingerprint density at radius 2 is 1.84 bits per heavy atom. The summed E-state index contributed by atoms with van der Waals surface area (Å²) >= 11 is 8.44. The molecule has 8 unspecified atom stereocenters. The van der Waals surface area contributed by atoms with Gasteiger partial charge in [0.15, 0.2) is 0 Å². The van der Waals surface area contributed by atoms with Crippen molar-refractivity contribution in [2.75, 3.05) is 39.8 Å². The molecular weight excluding hydrogens is 840 g/mol. The zero-order valence-corrected chi connectivity index (χ0v) is 40.8. The molecule has 344 valence electrons. The summed E-state index contributed by atoms with van der Waals surface area (Å²) in [6.45, 7) is 20.8. The number of hydrazine groups is 1. The fourth-order valence-electron chi connectivity index (χ4n) is 12.4. The highest BCUT2D eigenvalue weighted by molar-refractivity contribution is 8.00. The van der Waals surface area contributed by atoms with Gasteiger partial charge in [0.05, 0.1) is 40.9 Å². The lowest BCUT2D eigenvalue weighted by Crippen LogP contribution is -2.74. The predicted molar refractivity (Wildman–Crippen MR) is 260 cm³/mol. The second-order valence-corrected chi connectivity index (χ2v) is 22.8. The summed E-state index contributed by atoms with van der Waals surface area (Å²) in [4.78, 5) is 10.8. The molecule has 0 bridgehead atoms. The van der Waals surface area contributed by atoms with Crippen molar-refractivity contribution in [3.05, 3.63) is 64.2 Å². The number of aliphatic imine (C=N–C) groups is 1. The van der Waals surface area contributed by atoms with Gasteiger partial charge in [0.25, 0.3) is 0 Å². The van der Waals surface area contributed by atoms with Crippen molar-refractivity contribution in [3.63, 3.8) is 0 Å². The van der Waals surface area contributed by atoms with E-state index in [0.717, 1.165) is 57.5 Å². The van der Waals surface area contributed by atoms with E-state index in [1.165, 1.54) is 42.5 Å². The van der Waals surface area contributed by atoms with Gasteiger partial charge >= 0.3 is 5.96 Å². The standard InChI is InChI=1S/C50H71ClN10O2S/c1-30-31(2)64-45-42(30)43(56-40(25-41-53-20-23-62-41)44-58-57-32(3)61(44)45)36-14-12-33(13-15-36)10-9-11-34-18-21-60(22-19-34)48-55-28-35(29-59(48)8)27-54-46-49(4,5)47(50(46,6)7)63-38-17-16-37(26-52)39(51)24-38/h12-17,24,28-32,34-35,40-42,44-47,53-54,57-58H,9-11,18-23,25,27H2,1-8H3/q+2/t30?,31?,32?,35?,40-,41?,42?,44?,45?,46?,47?/m0/s1. The van der Waals surface area contributed by atoms with Crippen LogP contribution in [0.1, 0.15) is 97.3 Å². The van der Waals surface area contributed by atoms with Crippen molar-refractivity contribution >= 4 is 47.5 Å². The normalized spacial score (nSPS) is 34.5. The van der Waals surface area contributed by atoms with Crippen molar-refractivity contribution in [1.29, 1.82) is 5.26 Å². The number of likely N-dealkylation sites (tertiary alicyclic amines) is 1. The quantitative estimate of drug-likeness (QED) is 0.152. The molecule has 2 aromatic carbocycles. The minimum atomic E-state index is -0.102. The molecule has 64 heavy (non-hydrogen) atoms. The molecule has 0 radical (unpaired) electrons. The summed E-state index contributed by atoms with van der Waals surface area (Å²) in [7, 11) is 2.15.